The highest BCUT2D eigenvalue weighted by molar-refractivity contribution is 6.30. The minimum Gasteiger partial charge on any atom is -0.437 e. The summed E-state index contributed by atoms with van der Waals surface area (Å²) < 4.78 is 5.38. The second-order valence-electron chi connectivity index (χ2n) is 2.99. The second kappa shape index (κ2) is 4.72. The number of nitrogens with zero attached hydrogens (tertiary/aromatic N) is 2. The van der Waals surface area contributed by atoms with Crippen LogP contribution in [0.25, 0.3) is 0 Å². The molecule has 0 unspecified atom stereocenters. The molecule has 4 nitrogen and oxygen atoms in total. The molecular formula is C11H7ClN2O2. The van der Waals surface area contributed by atoms with Gasteiger partial charge >= 0.3 is 0 Å². The number of pyridine rings is 2. The first-order valence-electron chi connectivity index (χ1n) is 4.47. The van der Waals surface area contributed by atoms with Crippen molar-refractivity contribution in [2.75, 3.05) is 0 Å². The van der Waals surface area contributed by atoms with E-state index in [1.54, 1.807) is 18.2 Å². The van der Waals surface area contributed by atoms with Gasteiger partial charge in [-0.15, -0.1) is 0 Å². The maximum Gasteiger partial charge on any atom is 0.219 e. The lowest BCUT2D eigenvalue weighted by atomic mass is 10.3. The lowest BCUT2D eigenvalue weighted by Crippen LogP contribution is -1.89. The molecule has 0 N–H and O–H groups in total. The maximum absolute atomic E-state index is 10.4. The second-order valence-corrected chi connectivity index (χ2v) is 3.42. The summed E-state index contributed by atoms with van der Waals surface area (Å²) in [6.07, 6.45) is 5.19. The van der Waals surface area contributed by atoms with E-state index >= 15 is 0 Å². The molecule has 2 aromatic rings. The van der Waals surface area contributed by atoms with E-state index in [0.29, 0.717) is 22.2 Å². The van der Waals surface area contributed by atoms with Gasteiger partial charge in [-0.2, -0.15) is 0 Å². The van der Waals surface area contributed by atoms with Crippen LogP contribution in [0.15, 0.2) is 36.8 Å². The molecule has 0 bridgehead atoms. The normalized spacial score (nSPS) is 9.81. The fourth-order valence-electron chi connectivity index (χ4n) is 1.09. The number of aldehydes is 1. The van der Waals surface area contributed by atoms with Crippen LogP contribution in [0.4, 0.5) is 0 Å². The highest BCUT2D eigenvalue weighted by atomic mass is 35.5. The molecular weight excluding hydrogens is 228 g/mol. The summed E-state index contributed by atoms with van der Waals surface area (Å²) in [6, 6.07) is 4.85. The van der Waals surface area contributed by atoms with Gasteiger partial charge in [0.2, 0.25) is 5.88 Å². The van der Waals surface area contributed by atoms with Crippen molar-refractivity contribution in [1.29, 1.82) is 0 Å². The van der Waals surface area contributed by atoms with Gasteiger partial charge in [-0.25, -0.2) is 4.98 Å². The van der Waals surface area contributed by atoms with Gasteiger partial charge in [0.25, 0.3) is 0 Å². The first-order valence-corrected chi connectivity index (χ1v) is 4.85. The molecule has 0 saturated carbocycles. The van der Waals surface area contributed by atoms with Crippen molar-refractivity contribution in [3.63, 3.8) is 0 Å². The molecule has 0 aliphatic heterocycles. The van der Waals surface area contributed by atoms with E-state index in [2.05, 4.69) is 9.97 Å². The Kier molecular flexibility index (Phi) is 3.12. The zero-order valence-electron chi connectivity index (χ0n) is 8.13. The Morgan fingerprint density at radius 2 is 2.12 bits per heavy atom. The maximum atomic E-state index is 10.4. The number of rotatable bonds is 3. The van der Waals surface area contributed by atoms with E-state index in [1.165, 1.54) is 18.6 Å². The summed E-state index contributed by atoms with van der Waals surface area (Å²) >= 11 is 5.75. The van der Waals surface area contributed by atoms with Crippen molar-refractivity contribution in [1.82, 2.24) is 9.97 Å². The van der Waals surface area contributed by atoms with E-state index in [4.69, 9.17) is 16.3 Å². The van der Waals surface area contributed by atoms with Crippen molar-refractivity contribution in [3.8, 4) is 11.6 Å². The molecule has 80 valence electrons. The predicted molar refractivity (Wildman–Crippen MR) is 58.9 cm³/mol. The SMILES string of the molecule is O=Cc1ccc(Oc2cncc(Cl)c2)nc1. The molecule has 2 rings (SSSR count). The highest BCUT2D eigenvalue weighted by Crippen LogP contribution is 2.20. The fourth-order valence-corrected chi connectivity index (χ4v) is 1.25. The van der Waals surface area contributed by atoms with Crippen molar-refractivity contribution in [3.05, 3.63) is 47.4 Å². The summed E-state index contributed by atoms with van der Waals surface area (Å²) in [5.74, 6) is 0.883. The number of carbonyl (C=O) groups excluding carboxylic acids is 1. The molecule has 0 aliphatic carbocycles. The van der Waals surface area contributed by atoms with Crippen LogP contribution in [0.1, 0.15) is 10.4 Å². The van der Waals surface area contributed by atoms with E-state index in [-0.39, 0.29) is 0 Å². The molecule has 0 saturated heterocycles. The summed E-state index contributed by atoms with van der Waals surface area (Å²) in [7, 11) is 0. The minimum atomic E-state index is 0.384. The zero-order chi connectivity index (χ0) is 11.4. The smallest absolute Gasteiger partial charge is 0.219 e. The van der Waals surface area contributed by atoms with Crippen molar-refractivity contribution < 1.29 is 9.53 Å². The van der Waals surface area contributed by atoms with Crippen molar-refractivity contribution in [2.24, 2.45) is 0 Å². The van der Waals surface area contributed by atoms with E-state index in [9.17, 15) is 4.79 Å². The Hall–Kier alpha value is -1.94. The fraction of sp³-hybridized carbons (Fsp3) is 0. The molecule has 0 aromatic carbocycles. The van der Waals surface area contributed by atoms with Crippen molar-refractivity contribution >= 4 is 17.9 Å². The van der Waals surface area contributed by atoms with Crippen LogP contribution < -0.4 is 4.74 Å². The monoisotopic (exact) mass is 234 g/mol. The van der Waals surface area contributed by atoms with Gasteiger partial charge in [-0.3, -0.25) is 9.78 Å². The van der Waals surface area contributed by atoms with Gasteiger partial charge in [0.05, 0.1) is 11.2 Å². The largest absolute Gasteiger partial charge is 0.437 e. The zero-order valence-corrected chi connectivity index (χ0v) is 8.89. The average molecular weight is 235 g/mol. The predicted octanol–water partition coefficient (Wildman–Crippen LogP) is 2.73. The molecule has 0 aliphatic rings. The first-order chi connectivity index (χ1) is 7.78. The van der Waals surface area contributed by atoms with Gasteiger partial charge in [0.15, 0.2) is 6.29 Å². The molecule has 16 heavy (non-hydrogen) atoms. The molecule has 2 aromatic heterocycles. The Bertz CT molecular complexity index is 500. The van der Waals surface area contributed by atoms with E-state index in [0.717, 1.165) is 6.29 Å². The highest BCUT2D eigenvalue weighted by Gasteiger charge is 2.00. The lowest BCUT2D eigenvalue weighted by molar-refractivity contribution is 0.112. The topological polar surface area (TPSA) is 52.1 Å². The third-order valence-corrected chi connectivity index (χ3v) is 2.00. The van der Waals surface area contributed by atoms with Gasteiger partial charge in [0.1, 0.15) is 5.75 Å². The summed E-state index contributed by atoms with van der Waals surface area (Å²) in [4.78, 5) is 18.2. The van der Waals surface area contributed by atoms with Gasteiger partial charge in [0, 0.05) is 30.1 Å². The van der Waals surface area contributed by atoms with Crippen LogP contribution >= 0.6 is 11.6 Å². The quantitative estimate of drug-likeness (QED) is 0.767. The number of aromatic nitrogens is 2. The van der Waals surface area contributed by atoms with Crippen LogP contribution in [0.3, 0.4) is 0 Å². The lowest BCUT2D eigenvalue weighted by Gasteiger charge is -2.03. The third kappa shape index (κ3) is 2.55. The third-order valence-electron chi connectivity index (χ3n) is 1.80. The van der Waals surface area contributed by atoms with Crippen LogP contribution in [0, 0.1) is 0 Å². The average Bonchev–Trinajstić information content (AvgIpc) is 2.30. The number of carbonyl (C=O) groups is 1. The van der Waals surface area contributed by atoms with Crippen LogP contribution in [-0.2, 0) is 0 Å². The standard InChI is InChI=1S/C11H7ClN2O2/c12-9-3-10(6-13-5-9)16-11-2-1-8(7-15)4-14-11/h1-7H. The molecule has 0 fully saturated rings. The molecule has 2 heterocycles. The van der Waals surface area contributed by atoms with Crippen LogP contribution in [0.5, 0.6) is 11.6 Å². The Morgan fingerprint density at radius 3 is 2.75 bits per heavy atom. The Labute approximate surface area is 96.9 Å². The number of ether oxygens (including phenoxy) is 1. The van der Waals surface area contributed by atoms with Crippen LogP contribution in [0.2, 0.25) is 5.02 Å². The first kappa shape index (κ1) is 10.6. The molecule has 0 spiro atoms. The van der Waals surface area contributed by atoms with E-state index < -0.39 is 0 Å². The van der Waals surface area contributed by atoms with Crippen LogP contribution in [-0.4, -0.2) is 16.3 Å². The van der Waals surface area contributed by atoms with Crippen molar-refractivity contribution in [2.45, 2.75) is 0 Å². The number of hydrogen-bond donors (Lipinski definition) is 0. The molecule has 0 atom stereocenters. The van der Waals surface area contributed by atoms with Gasteiger partial charge in [-0.1, -0.05) is 11.6 Å². The van der Waals surface area contributed by atoms with Gasteiger partial charge in [-0.05, 0) is 6.07 Å². The number of halogens is 1. The summed E-state index contributed by atoms with van der Waals surface area (Å²) in [6.45, 7) is 0. The van der Waals surface area contributed by atoms with Gasteiger partial charge < -0.3 is 4.74 Å². The molecule has 0 radical (unpaired) electrons. The minimum absolute atomic E-state index is 0.384. The summed E-state index contributed by atoms with van der Waals surface area (Å²) in [5.41, 5.74) is 0.497. The van der Waals surface area contributed by atoms with E-state index in [1.807, 2.05) is 0 Å². The molecule has 0 amide bonds. The number of hydrogen-bond acceptors (Lipinski definition) is 4. The Morgan fingerprint density at radius 1 is 1.25 bits per heavy atom. The summed E-state index contributed by atoms with van der Waals surface area (Å²) in [5, 5.41) is 0.488. The molecule has 5 heteroatoms. The Balaban J connectivity index is 2.17.